The van der Waals surface area contributed by atoms with Crippen LogP contribution in [0, 0.1) is 23.3 Å². The van der Waals surface area contributed by atoms with Gasteiger partial charge in [0.2, 0.25) is 0 Å². The molecule has 2 aromatic heterocycles. The van der Waals surface area contributed by atoms with Crippen LogP contribution in [-0.4, -0.2) is 49.7 Å². The number of pyridine rings is 1. The van der Waals surface area contributed by atoms with Crippen LogP contribution in [0.3, 0.4) is 0 Å². The number of ether oxygens (including phenoxy) is 1. The molecule has 5 rings (SSSR count). The van der Waals surface area contributed by atoms with Crippen LogP contribution in [0.5, 0.6) is 11.5 Å². The van der Waals surface area contributed by atoms with E-state index in [0.717, 1.165) is 40.0 Å². The van der Waals surface area contributed by atoms with E-state index >= 15 is 0 Å². The van der Waals surface area contributed by atoms with Gasteiger partial charge in [-0.15, -0.1) is 0 Å². The summed E-state index contributed by atoms with van der Waals surface area (Å²) in [6.07, 6.45) is 2.00. The second-order valence-corrected chi connectivity index (χ2v) is 8.72. The Morgan fingerprint density at radius 1 is 1.00 bits per heavy atom. The first kappa shape index (κ1) is 24.5. The Morgan fingerprint density at radius 2 is 1.73 bits per heavy atom. The lowest BCUT2D eigenvalue weighted by Crippen LogP contribution is -2.69. The molecule has 1 fully saturated rings. The summed E-state index contributed by atoms with van der Waals surface area (Å²) < 4.78 is 64.3. The van der Waals surface area contributed by atoms with Crippen molar-refractivity contribution in [2.24, 2.45) is 5.73 Å². The van der Waals surface area contributed by atoms with E-state index in [4.69, 9.17) is 10.5 Å². The Hall–Kier alpha value is -4.23. The first-order valence-electron chi connectivity index (χ1n) is 11.0. The largest absolute Gasteiger partial charge is 0.451 e. The van der Waals surface area contributed by atoms with Crippen molar-refractivity contribution in [1.29, 1.82) is 0 Å². The first-order valence-corrected chi connectivity index (χ1v) is 11.0. The van der Waals surface area contributed by atoms with Gasteiger partial charge in [0.05, 0.1) is 30.6 Å². The van der Waals surface area contributed by atoms with Gasteiger partial charge in [-0.25, -0.2) is 27.3 Å². The molecule has 192 valence electrons. The molecule has 0 radical (unpaired) electrons. The number of aromatic nitrogens is 4. The topological polar surface area (TPSA) is 111 Å². The highest BCUT2D eigenvalue weighted by Gasteiger charge is 2.39. The molecule has 1 aliphatic heterocycles. The lowest BCUT2D eigenvalue weighted by molar-refractivity contribution is 0.166. The fraction of sp³-hybridized carbons (Fsp3) is 0.208. The van der Waals surface area contributed by atoms with E-state index in [1.807, 2.05) is 0 Å². The lowest BCUT2D eigenvalue weighted by Gasteiger charge is -2.47. The molecule has 4 aromatic rings. The highest BCUT2D eigenvalue weighted by molar-refractivity contribution is 5.50. The number of hydrogen-bond acceptors (Lipinski definition) is 7. The van der Waals surface area contributed by atoms with Crippen molar-refractivity contribution in [2.75, 3.05) is 24.6 Å². The molecule has 9 nitrogen and oxygen atoms in total. The fourth-order valence-corrected chi connectivity index (χ4v) is 3.93. The zero-order valence-corrected chi connectivity index (χ0v) is 19.1. The average molecular weight is 516 g/mol. The maximum atomic E-state index is 14.9. The molecule has 0 spiro atoms. The van der Waals surface area contributed by atoms with E-state index in [1.54, 1.807) is 4.90 Å². The van der Waals surface area contributed by atoms with Crippen molar-refractivity contribution >= 4 is 5.82 Å². The highest BCUT2D eigenvalue weighted by atomic mass is 19.1. The molecule has 3 N–H and O–H groups in total. The van der Waals surface area contributed by atoms with Gasteiger partial charge in [0.1, 0.15) is 23.8 Å². The minimum atomic E-state index is -0.915. The third-order valence-electron chi connectivity index (χ3n) is 5.96. The summed E-state index contributed by atoms with van der Waals surface area (Å²) in [6.45, 7) is -0.0244. The van der Waals surface area contributed by atoms with Gasteiger partial charge in [0.25, 0.3) is 0 Å². The molecular formula is C24H20F4N6O3. The van der Waals surface area contributed by atoms with Crippen LogP contribution in [0.25, 0.3) is 5.69 Å². The second-order valence-electron chi connectivity index (χ2n) is 8.72. The Kier molecular flexibility index (Phi) is 6.17. The molecule has 37 heavy (non-hydrogen) atoms. The summed E-state index contributed by atoms with van der Waals surface area (Å²) in [5.74, 6) is -3.65. The summed E-state index contributed by atoms with van der Waals surface area (Å²) in [6, 6.07) is 8.09. The van der Waals surface area contributed by atoms with E-state index in [2.05, 4.69) is 10.1 Å². The third-order valence-corrected chi connectivity index (χ3v) is 5.96. The van der Waals surface area contributed by atoms with Gasteiger partial charge >= 0.3 is 5.69 Å². The minimum absolute atomic E-state index is 0.0161. The van der Waals surface area contributed by atoms with Crippen molar-refractivity contribution in [1.82, 2.24) is 19.3 Å². The molecule has 3 heterocycles. The first-order chi connectivity index (χ1) is 17.7. The van der Waals surface area contributed by atoms with Crippen molar-refractivity contribution in [3.8, 4) is 17.2 Å². The van der Waals surface area contributed by atoms with Crippen LogP contribution in [0.2, 0.25) is 0 Å². The number of aliphatic hydroxyl groups is 1. The Labute approximate surface area is 207 Å². The standard InChI is InChI=1S/C24H20F4N6O3/c25-16-2-1-3-17(26)15(16)9-32-13-31-34(23(32)36)14-4-5-20(18(27)6-14)37-21-7-22(30-8-19(21)28)33-10-24(29,11-33)12-35/h1-8,13,35H,9-12,29H2. The van der Waals surface area contributed by atoms with Crippen molar-refractivity contribution in [3.05, 3.63) is 94.3 Å². The molecule has 0 unspecified atom stereocenters. The van der Waals surface area contributed by atoms with Crippen molar-refractivity contribution < 1.29 is 27.4 Å². The molecular weight excluding hydrogens is 496 g/mol. The smallest absolute Gasteiger partial charge is 0.350 e. The summed E-state index contributed by atoms with van der Waals surface area (Å²) in [5.41, 5.74) is 4.10. The number of benzene rings is 2. The fourth-order valence-electron chi connectivity index (χ4n) is 3.93. The SMILES string of the molecule is NC1(CO)CN(c2cc(Oc3ccc(-n4ncn(Cc5c(F)cccc5F)c4=O)cc3F)c(F)cn2)C1. The number of rotatable bonds is 7. The number of hydrogen-bond donors (Lipinski definition) is 2. The van der Waals surface area contributed by atoms with Crippen molar-refractivity contribution in [2.45, 2.75) is 12.1 Å². The molecule has 0 bridgehead atoms. The molecule has 0 atom stereocenters. The van der Waals surface area contributed by atoms with Gasteiger partial charge < -0.3 is 20.5 Å². The molecule has 1 aliphatic rings. The maximum Gasteiger partial charge on any atom is 0.350 e. The molecule has 0 aliphatic carbocycles. The molecule has 0 saturated carbocycles. The molecule has 13 heteroatoms. The van der Waals surface area contributed by atoms with Gasteiger partial charge in [0, 0.05) is 30.8 Å². The van der Waals surface area contributed by atoms with Crippen LogP contribution < -0.4 is 21.1 Å². The van der Waals surface area contributed by atoms with Crippen LogP contribution in [-0.2, 0) is 6.54 Å². The van der Waals surface area contributed by atoms with Crippen molar-refractivity contribution in [3.63, 3.8) is 0 Å². The van der Waals surface area contributed by atoms with E-state index in [9.17, 15) is 27.5 Å². The molecule has 1 saturated heterocycles. The Bertz CT molecular complexity index is 1510. The van der Waals surface area contributed by atoms with Crippen LogP contribution >= 0.6 is 0 Å². The number of nitrogens with zero attached hydrogens (tertiary/aromatic N) is 5. The van der Waals surface area contributed by atoms with Gasteiger partial charge in [0.15, 0.2) is 23.1 Å². The normalized spacial score (nSPS) is 14.5. The number of halogens is 4. The van der Waals surface area contributed by atoms with Crippen LogP contribution in [0.15, 0.2) is 59.8 Å². The van der Waals surface area contributed by atoms with Gasteiger partial charge in [-0.1, -0.05) is 6.07 Å². The lowest BCUT2D eigenvalue weighted by atomic mass is 9.92. The average Bonchev–Trinajstić information content (AvgIpc) is 3.22. The summed E-state index contributed by atoms with van der Waals surface area (Å²) >= 11 is 0. The summed E-state index contributed by atoms with van der Waals surface area (Å²) in [7, 11) is 0. The van der Waals surface area contributed by atoms with Gasteiger partial charge in [-0.2, -0.15) is 9.78 Å². The monoisotopic (exact) mass is 516 g/mol. The van der Waals surface area contributed by atoms with E-state index in [1.165, 1.54) is 24.3 Å². The third kappa shape index (κ3) is 4.66. The predicted molar refractivity (Wildman–Crippen MR) is 124 cm³/mol. The second kappa shape index (κ2) is 9.33. The zero-order valence-electron chi connectivity index (χ0n) is 19.1. The van der Waals surface area contributed by atoms with Crippen LogP contribution in [0.1, 0.15) is 5.56 Å². The highest BCUT2D eigenvalue weighted by Crippen LogP contribution is 2.32. The quantitative estimate of drug-likeness (QED) is 0.363. The predicted octanol–water partition coefficient (Wildman–Crippen LogP) is 2.34. The minimum Gasteiger partial charge on any atom is -0.451 e. The maximum absolute atomic E-state index is 14.9. The number of nitrogens with two attached hydrogens (primary N) is 1. The van der Waals surface area contributed by atoms with Crippen LogP contribution in [0.4, 0.5) is 23.4 Å². The van der Waals surface area contributed by atoms with E-state index < -0.39 is 41.0 Å². The molecule has 2 aromatic carbocycles. The number of aliphatic hydroxyl groups excluding tert-OH is 1. The summed E-state index contributed by atoms with van der Waals surface area (Å²) in [4.78, 5) is 18.4. The van der Waals surface area contributed by atoms with E-state index in [-0.39, 0.29) is 29.4 Å². The number of anilines is 1. The zero-order chi connectivity index (χ0) is 26.3. The Morgan fingerprint density at radius 3 is 2.41 bits per heavy atom. The Balaban J connectivity index is 1.36. The molecule has 0 amide bonds. The summed E-state index contributed by atoms with van der Waals surface area (Å²) in [5, 5.41) is 13.2. The van der Waals surface area contributed by atoms with Gasteiger partial charge in [-0.05, 0) is 24.3 Å². The van der Waals surface area contributed by atoms with Gasteiger partial charge in [-0.3, -0.25) is 4.57 Å². The van der Waals surface area contributed by atoms with E-state index in [0.29, 0.717) is 18.9 Å².